The molecule has 0 radical (unpaired) electrons. The predicted molar refractivity (Wildman–Crippen MR) is 150 cm³/mol. The number of nitrogens with zero attached hydrogens (tertiary/aromatic N) is 3. The summed E-state index contributed by atoms with van der Waals surface area (Å²) in [5, 5.41) is 6.26. The molecule has 0 saturated carbocycles. The summed E-state index contributed by atoms with van der Waals surface area (Å²) in [4.78, 5) is 3.98. The molecule has 0 fully saturated rings. The summed E-state index contributed by atoms with van der Waals surface area (Å²) in [5.41, 5.74) is 9.04. The van der Waals surface area contributed by atoms with Crippen LogP contribution in [0.15, 0.2) is 85.1 Å². The monoisotopic (exact) mass is 464 g/mol. The molecule has 3 aromatic heterocycles. The van der Waals surface area contributed by atoms with Gasteiger partial charge in [-0.05, 0) is 47.2 Å². The molecule has 3 heterocycles. The summed E-state index contributed by atoms with van der Waals surface area (Å²) in [6.07, 6.45) is 2.15. The van der Waals surface area contributed by atoms with E-state index in [4.69, 9.17) is 6.57 Å². The zero-order chi connectivity index (χ0) is 24.8. The maximum Gasteiger partial charge on any atom is 0.252 e. The van der Waals surface area contributed by atoms with E-state index in [2.05, 4.69) is 113 Å². The molecule has 0 saturated heterocycles. The highest BCUT2D eigenvalue weighted by Gasteiger charge is 2.30. The molecule has 0 atom stereocenters. The Balaban J connectivity index is 1.83. The van der Waals surface area contributed by atoms with Crippen LogP contribution in [-0.2, 0) is 12.6 Å². The Hall–Kier alpha value is -4.42. The van der Waals surface area contributed by atoms with E-state index in [9.17, 15) is 0 Å². The minimum Gasteiger partial charge on any atom is -0.307 e. The number of benzene rings is 4. The van der Waals surface area contributed by atoms with E-state index in [0.717, 1.165) is 11.1 Å². The fraction of sp³-hybridized carbons (Fsp3) is 0.152. The lowest BCUT2D eigenvalue weighted by molar-refractivity contribution is -0.643. The average Bonchev–Trinajstić information content (AvgIpc) is 3.24. The second kappa shape index (κ2) is 7.06. The third kappa shape index (κ3) is 2.59. The molecule has 4 aromatic carbocycles. The van der Waals surface area contributed by atoms with Crippen LogP contribution in [0.1, 0.15) is 25.0 Å². The Labute approximate surface area is 210 Å². The van der Waals surface area contributed by atoms with Crippen molar-refractivity contribution in [3.05, 3.63) is 108 Å². The molecule has 172 valence electrons. The maximum absolute atomic E-state index is 7.87. The van der Waals surface area contributed by atoms with Gasteiger partial charge in [0.15, 0.2) is 6.20 Å². The molecule has 0 aliphatic carbocycles. The van der Waals surface area contributed by atoms with Gasteiger partial charge in [0.25, 0.3) is 5.54 Å². The number of aromatic nitrogens is 2. The number of aryl methyl sites for hydroxylation is 2. The van der Waals surface area contributed by atoms with Gasteiger partial charge in [-0.2, -0.15) is 0 Å². The van der Waals surface area contributed by atoms with Gasteiger partial charge in [0.2, 0.25) is 5.52 Å². The second-order valence-electron chi connectivity index (χ2n) is 10.5. The van der Waals surface area contributed by atoms with Crippen LogP contribution in [0.4, 0.5) is 0 Å². The van der Waals surface area contributed by atoms with Crippen molar-refractivity contribution in [3.63, 3.8) is 0 Å². The summed E-state index contributed by atoms with van der Waals surface area (Å²) in [6, 6.07) is 28.5. The minimum absolute atomic E-state index is 0.604. The van der Waals surface area contributed by atoms with Gasteiger partial charge >= 0.3 is 0 Å². The van der Waals surface area contributed by atoms with Gasteiger partial charge in [-0.15, -0.1) is 0 Å². The fourth-order valence-corrected chi connectivity index (χ4v) is 6.04. The van der Waals surface area contributed by atoms with Gasteiger partial charge in [0, 0.05) is 36.2 Å². The Bertz CT molecular complexity index is 2040. The third-order valence-corrected chi connectivity index (χ3v) is 7.93. The molecule has 0 bridgehead atoms. The van der Waals surface area contributed by atoms with Crippen molar-refractivity contribution in [1.29, 1.82) is 0 Å². The van der Waals surface area contributed by atoms with Gasteiger partial charge in [0.1, 0.15) is 7.05 Å². The van der Waals surface area contributed by atoms with Gasteiger partial charge in [-0.3, -0.25) is 0 Å². The molecular weight excluding hydrogens is 438 g/mol. The first-order valence-electron chi connectivity index (χ1n) is 12.4. The zero-order valence-electron chi connectivity index (χ0n) is 20.9. The molecule has 0 spiro atoms. The molecule has 7 rings (SSSR count). The van der Waals surface area contributed by atoms with Crippen molar-refractivity contribution in [2.75, 3.05) is 0 Å². The van der Waals surface area contributed by atoms with Crippen molar-refractivity contribution < 1.29 is 4.57 Å². The molecule has 0 unspecified atom stereocenters. The molecule has 0 aliphatic heterocycles. The fourth-order valence-electron chi connectivity index (χ4n) is 6.04. The quantitative estimate of drug-likeness (QED) is 0.107. The van der Waals surface area contributed by atoms with Gasteiger partial charge in [0.05, 0.1) is 27.3 Å². The molecule has 0 aliphatic rings. The highest BCUT2D eigenvalue weighted by molar-refractivity contribution is 6.27. The van der Waals surface area contributed by atoms with Crippen molar-refractivity contribution >= 4 is 49.0 Å². The lowest BCUT2D eigenvalue weighted by atomic mass is 9.91. The van der Waals surface area contributed by atoms with Crippen molar-refractivity contribution in [2.24, 2.45) is 7.05 Å². The number of pyridine rings is 2. The molecule has 36 heavy (non-hydrogen) atoms. The van der Waals surface area contributed by atoms with Crippen molar-refractivity contribution in [2.45, 2.75) is 26.3 Å². The Morgan fingerprint density at radius 3 is 2.42 bits per heavy atom. The average molecular weight is 465 g/mol. The smallest absolute Gasteiger partial charge is 0.252 e. The van der Waals surface area contributed by atoms with Crippen LogP contribution in [0.2, 0.25) is 0 Å². The highest BCUT2D eigenvalue weighted by Crippen LogP contribution is 2.44. The molecule has 3 heteroatoms. The Morgan fingerprint density at radius 2 is 1.64 bits per heavy atom. The van der Waals surface area contributed by atoms with Gasteiger partial charge in [-0.1, -0.05) is 54.6 Å². The molecule has 0 N–H and O–H groups in total. The molecule has 7 aromatic rings. The zero-order valence-corrected chi connectivity index (χ0v) is 20.9. The third-order valence-electron chi connectivity index (χ3n) is 7.93. The molecule has 0 amide bonds. The first-order valence-corrected chi connectivity index (χ1v) is 12.4. The van der Waals surface area contributed by atoms with Crippen LogP contribution in [0, 0.1) is 13.5 Å². The van der Waals surface area contributed by atoms with E-state index < -0.39 is 5.54 Å². The number of hydrogen-bond donors (Lipinski definition) is 0. The summed E-state index contributed by atoms with van der Waals surface area (Å²) in [7, 11) is 2.14. The Kier molecular flexibility index (Phi) is 4.10. The highest BCUT2D eigenvalue weighted by atomic mass is 15.0. The number of fused-ring (bicyclic) bond motifs is 5. The van der Waals surface area contributed by atoms with E-state index in [1.165, 1.54) is 60.2 Å². The molecular formula is C33H26N3+. The van der Waals surface area contributed by atoms with Gasteiger partial charge < -0.3 is 9.25 Å². The minimum atomic E-state index is -0.604. The van der Waals surface area contributed by atoms with Crippen LogP contribution in [-0.4, -0.2) is 4.40 Å². The van der Waals surface area contributed by atoms with E-state index in [0.29, 0.717) is 0 Å². The van der Waals surface area contributed by atoms with Crippen LogP contribution in [0.3, 0.4) is 0 Å². The first-order chi connectivity index (χ1) is 17.4. The summed E-state index contributed by atoms with van der Waals surface area (Å²) >= 11 is 0. The normalized spacial score (nSPS) is 12.4. The van der Waals surface area contributed by atoms with Gasteiger partial charge in [-0.25, -0.2) is 11.1 Å². The SMILES string of the molecule is [C-]#[N+]C(C)(C)c1cc2cc[n+](C)c3c4c(C)ccc5c6c(-c7ccccc7)cccc6n(c(c1)c23)c54. The topological polar surface area (TPSA) is 12.7 Å². The van der Waals surface area contributed by atoms with E-state index >= 15 is 0 Å². The van der Waals surface area contributed by atoms with E-state index in [1.807, 2.05) is 13.8 Å². The summed E-state index contributed by atoms with van der Waals surface area (Å²) < 4.78 is 4.71. The number of hydrogen-bond acceptors (Lipinski definition) is 0. The van der Waals surface area contributed by atoms with Crippen LogP contribution in [0.5, 0.6) is 0 Å². The lowest BCUT2D eigenvalue weighted by Crippen LogP contribution is -2.29. The lowest BCUT2D eigenvalue weighted by Gasteiger charge is -2.17. The van der Waals surface area contributed by atoms with Crippen LogP contribution >= 0.6 is 0 Å². The first kappa shape index (κ1) is 20.9. The van der Waals surface area contributed by atoms with Crippen molar-refractivity contribution in [3.8, 4) is 11.1 Å². The van der Waals surface area contributed by atoms with Crippen molar-refractivity contribution in [1.82, 2.24) is 4.40 Å². The second-order valence-corrected chi connectivity index (χ2v) is 10.5. The maximum atomic E-state index is 7.87. The largest absolute Gasteiger partial charge is 0.307 e. The van der Waals surface area contributed by atoms with E-state index in [-0.39, 0.29) is 0 Å². The molecule has 3 nitrogen and oxygen atoms in total. The summed E-state index contributed by atoms with van der Waals surface area (Å²) in [6.45, 7) is 14.1. The standard InChI is InChI=1S/C33H26N3/c1-20-14-15-25-30-24(21-10-7-6-8-11-21)12-9-13-26(30)36-27-19-23(33(2,3)34-4)18-22-16-17-35(5)32(29(22)27)28(20)31(25)36/h6-19H,1-3,5H3/q+1. The van der Waals surface area contributed by atoms with Crippen LogP contribution in [0.25, 0.3) is 65.0 Å². The van der Waals surface area contributed by atoms with E-state index in [1.54, 1.807) is 0 Å². The predicted octanol–water partition coefficient (Wildman–Crippen LogP) is 7.94. The van der Waals surface area contributed by atoms with Crippen LogP contribution < -0.4 is 4.57 Å². The summed E-state index contributed by atoms with van der Waals surface area (Å²) in [5.74, 6) is 0. The Morgan fingerprint density at radius 1 is 0.833 bits per heavy atom. The number of rotatable bonds is 2.